The second-order valence-corrected chi connectivity index (χ2v) is 4.82. The Morgan fingerprint density at radius 1 is 1.24 bits per heavy atom. The van der Waals surface area contributed by atoms with Gasteiger partial charge in [0.1, 0.15) is 5.69 Å². The van der Waals surface area contributed by atoms with Crippen LogP contribution in [0.15, 0.2) is 53.1 Å². The molecule has 2 aromatic heterocycles. The molecule has 0 fully saturated rings. The first kappa shape index (κ1) is 13.5. The van der Waals surface area contributed by atoms with Gasteiger partial charge in [0.15, 0.2) is 5.58 Å². The number of H-pyrrole nitrogens is 1. The van der Waals surface area contributed by atoms with Gasteiger partial charge < -0.3 is 19.4 Å². The fraction of sp³-hybridized carbons (Fsp3) is 0.188. The minimum Gasteiger partial charge on any atom is -0.463 e. The number of aromatic nitrogens is 1. The summed E-state index contributed by atoms with van der Waals surface area (Å²) in [7, 11) is 0. The van der Waals surface area contributed by atoms with Crippen LogP contribution in [-0.2, 0) is 6.54 Å². The second kappa shape index (κ2) is 5.85. The lowest BCUT2D eigenvalue weighted by molar-refractivity contribution is 0.0703. The van der Waals surface area contributed by atoms with Gasteiger partial charge in [-0.1, -0.05) is 30.3 Å². The molecule has 1 aromatic carbocycles. The van der Waals surface area contributed by atoms with Crippen molar-refractivity contribution in [2.24, 2.45) is 0 Å². The highest BCUT2D eigenvalue weighted by Gasteiger charge is 2.18. The molecule has 0 spiro atoms. The zero-order valence-corrected chi connectivity index (χ0v) is 11.5. The highest BCUT2D eigenvalue weighted by molar-refractivity contribution is 5.96. The van der Waals surface area contributed by atoms with Crippen LogP contribution in [0.4, 0.5) is 0 Å². The Hall–Kier alpha value is -2.53. The molecule has 0 aliphatic carbocycles. The average Bonchev–Trinajstić information content (AvgIpc) is 3.08. The van der Waals surface area contributed by atoms with Crippen LogP contribution in [0.3, 0.4) is 0 Å². The minimum absolute atomic E-state index is 0.0740. The molecule has 0 unspecified atom stereocenters. The molecule has 3 aromatic rings. The van der Waals surface area contributed by atoms with Crippen molar-refractivity contribution in [3.8, 4) is 0 Å². The van der Waals surface area contributed by atoms with Crippen molar-refractivity contribution in [2.75, 3.05) is 13.2 Å². The number of hydrogen-bond acceptors (Lipinski definition) is 3. The standard InChI is InChI=1S/C16H16N2O3/c19-8-7-18(11-12-4-2-1-3-5-12)16(20)14-10-15-13(17-14)6-9-21-15/h1-6,9-10,17,19H,7-8,11H2. The molecule has 0 saturated carbocycles. The number of rotatable bonds is 5. The number of amides is 1. The number of nitrogens with one attached hydrogen (secondary N) is 1. The van der Waals surface area contributed by atoms with Gasteiger partial charge in [-0.25, -0.2) is 0 Å². The van der Waals surface area contributed by atoms with Crippen LogP contribution < -0.4 is 0 Å². The Morgan fingerprint density at radius 3 is 2.76 bits per heavy atom. The molecule has 0 saturated heterocycles. The van der Waals surface area contributed by atoms with Gasteiger partial charge >= 0.3 is 0 Å². The molecule has 3 rings (SSSR count). The molecule has 5 heteroatoms. The molecular weight excluding hydrogens is 268 g/mol. The Bertz CT molecular complexity index is 702. The Labute approximate surface area is 121 Å². The van der Waals surface area contributed by atoms with E-state index in [2.05, 4.69) is 4.98 Å². The lowest BCUT2D eigenvalue weighted by Crippen LogP contribution is -2.33. The first-order chi connectivity index (χ1) is 10.3. The Morgan fingerprint density at radius 2 is 2.05 bits per heavy atom. The van der Waals surface area contributed by atoms with E-state index in [4.69, 9.17) is 4.42 Å². The molecule has 0 bridgehead atoms. The maximum absolute atomic E-state index is 12.5. The lowest BCUT2D eigenvalue weighted by Gasteiger charge is -2.21. The van der Waals surface area contributed by atoms with Crippen molar-refractivity contribution in [3.05, 3.63) is 60.0 Å². The predicted molar refractivity (Wildman–Crippen MR) is 78.8 cm³/mol. The minimum atomic E-state index is -0.153. The van der Waals surface area contributed by atoms with E-state index in [1.54, 1.807) is 23.3 Å². The number of furan rings is 1. The molecule has 2 N–H and O–H groups in total. The molecule has 5 nitrogen and oxygen atoms in total. The summed E-state index contributed by atoms with van der Waals surface area (Å²) < 4.78 is 5.26. The van der Waals surface area contributed by atoms with Crippen LogP contribution in [0.1, 0.15) is 16.1 Å². The normalized spacial score (nSPS) is 10.9. The van der Waals surface area contributed by atoms with Gasteiger partial charge in [0, 0.05) is 25.2 Å². The quantitative estimate of drug-likeness (QED) is 0.756. The van der Waals surface area contributed by atoms with E-state index in [-0.39, 0.29) is 19.1 Å². The van der Waals surface area contributed by atoms with Crippen molar-refractivity contribution in [2.45, 2.75) is 6.54 Å². The van der Waals surface area contributed by atoms with Crippen LogP contribution in [0.5, 0.6) is 0 Å². The second-order valence-electron chi connectivity index (χ2n) is 4.82. The van der Waals surface area contributed by atoms with Crippen molar-refractivity contribution in [3.63, 3.8) is 0 Å². The third kappa shape index (κ3) is 2.83. The zero-order valence-electron chi connectivity index (χ0n) is 11.5. The van der Waals surface area contributed by atoms with E-state index in [0.717, 1.165) is 11.1 Å². The monoisotopic (exact) mass is 284 g/mol. The lowest BCUT2D eigenvalue weighted by atomic mass is 10.2. The predicted octanol–water partition coefficient (Wildman–Crippen LogP) is 2.40. The highest BCUT2D eigenvalue weighted by atomic mass is 16.3. The third-order valence-electron chi connectivity index (χ3n) is 3.34. The Balaban J connectivity index is 1.82. The number of aromatic amines is 1. The summed E-state index contributed by atoms with van der Waals surface area (Å²) in [6.07, 6.45) is 1.57. The van der Waals surface area contributed by atoms with E-state index in [1.807, 2.05) is 30.3 Å². The van der Waals surface area contributed by atoms with Gasteiger partial charge in [-0.05, 0) is 5.56 Å². The van der Waals surface area contributed by atoms with E-state index in [0.29, 0.717) is 17.8 Å². The summed E-state index contributed by atoms with van der Waals surface area (Å²) in [5.74, 6) is -0.153. The topological polar surface area (TPSA) is 69.5 Å². The number of fused-ring (bicyclic) bond motifs is 1. The number of aliphatic hydroxyl groups is 1. The molecule has 2 heterocycles. The molecule has 0 aliphatic heterocycles. The van der Waals surface area contributed by atoms with E-state index < -0.39 is 0 Å². The SMILES string of the molecule is O=C(c1cc2occc2[nH]1)N(CCO)Cc1ccccc1. The molecular formula is C16H16N2O3. The Kier molecular flexibility index (Phi) is 3.75. The number of aliphatic hydroxyl groups excluding tert-OH is 1. The van der Waals surface area contributed by atoms with Gasteiger partial charge in [-0.2, -0.15) is 0 Å². The first-order valence-corrected chi connectivity index (χ1v) is 6.78. The van der Waals surface area contributed by atoms with Crippen LogP contribution in [0.25, 0.3) is 11.1 Å². The van der Waals surface area contributed by atoms with E-state index >= 15 is 0 Å². The number of carbonyl (C=O) groups is 1. The first-order valence-electron chi connectivity index (χ1n) is 6.78. The number of nitrogens with zero attached hydrogens (tertiary/aromatic N) is 1. The van der Waals surface area contributed by atoms with Crippen LogP contribution in [0.2, 0.25) is 0 Å². The van der Waals surface area contributed by atoms with Crippen LogP contribution in [-0.4, -0.2) is 34.0 Å². The van der Waals surface area contributed by atoms with E-state index in [1.165, 1.54) is 0 Å². The number of carbonyl (C=O) groups excluding carboxylic acids is 1. The number of benzene rings is 1. The zero-order chi connectivity index (χ0) is 14.7. The summed E-state index contributed by atoms with van der Waals surface area (Å²) in [6, 6.07) is 13.2. The summed E-state index contributed by atoms with van der Waals surface area (Å²) in [4.78, 5) is 17.2. The van der Waals surface area contributed by atoms with Gasteiger partial charge in [0.25, 0.3) is 5.91 Å². The van der Waals surface area contributed by atoms with Crippen molar-refractivity contribution in [1.29, 1.82) is 0 Å². The van der Waals surface area contributed by atoms with Crippen molar-refractivity contribution >= 4 is 17.0 Å². The molecule has 0 radical (unpaired) electrons. The average molecular weight is 284 g/mol. The van der Waals surface area contributed by atoms with Gasteiger partial charge in [-0.3, -0.25) is 4.79 Å². The third-order valence-corrected chi connectivity index (χ3v) is 3.34. The van der Waals surface area contributed by atoms with Gasteiger partial charge in [0.2, 0.25) is 0 Å². The van der Waals surface area contributed by atoms with Crippen molar-refractivity contribution < 1.29 is 14.3 Å². The molecule has 1 amide bonds. The largest absolute Gasteiger partial charge is 0.463 e. The van der Waals surface area contributed by atoms with Crippen molar-refractivity contribution in [1.82, 2.24) is 9.88 Å². The summed E-state index contributed by atoms with van der Waals surface area (Å²) >= 11 is 0. The summed E-state index contributed by atoms with van der Waals surface area (Å²) in [5.41, 5.74) is 2.94. The fourth-order valence-corrected chi connectivity index (χ4v) is 2.31. The number of hydrogen-bond donors (Lipinski definition) is 2. The van der Waals surface area contributed by atoms with Crippen LogP contribution >= 0.6 is 0 Å². The summed E-state index contributed by atoms with van der Waals surface area (Å²) in [6.45, 7) is 0.671. The smallest absolute Gasteiger partial charge is 0.270 e. The maximum Gasteiger partial charge on any atom is 0.270 e. The maximum atomic E-state index is 12.5. The molecule has 108 valence electrons. The summed E-state index contributed by atoms with van der Waals surface area (Å²) in [5, 5.41) is 9.19. The molecule has 21 heavy (non-hydrogen) atoms. The highest BCUT2D eigenvalue weighted by Crippen LogP contribution is 2.18. The van der Waals surface area contributed by atoms with Gasteiger partial charge in [0.05, 0.1) is 18.4 Å². The van der Waals surface area contributed by atoms with E-state index in [9.17, 15) is 9.90 Å². The fourth-order valence-electron chi connectivity index (χ4n) is 2.31. The molecule has 0 aliphatic rings. The van der Waals surface area contributed by atoms with Gasteiger partial charge in [-0.15, -0.1) is 0 Å². The van der Waals surface area contributed by atoms with Crippen LogP contribution in [0, 0.1) is 0 Å². The molecule has 0 atom stereocenters.